The molecule has 0 bridgehead atoms. The van der Waals surface area contributed by atoms with Crippen molar-refractivity contribution >= 4 is 0 Å². The molecular formula is C14H22N2O. The molecule has 1 heterocycles. The quantitative estimate of drug-likeness (QED) is 0.835. The highest BCUT2D eigenvalue weighted by atomic mass is 16.5. The molecule has 3 heteroatoms. The molecule has 0 aliphatic carbocycles. The fourth-order valence-corrected chi connectivity index (χ4v) is 2.44. The second-order valence-electron chi connectivity index (χ2n) is 4.88. The lowest BCUT2D eigenvalue weighted by Crippen LogP contribution is -2.34. The lowest BCUT2D eigenvalue weighted by molar-refractivity contribution is 0.116. The van der Waals surface area contributed by atoms with E-state index >= 15 is 0 Å². The molecule has 1 aromatic rings. The van der Waals surface area contributed by atoms with Crippen LogP contribution in [-0.2, 0) is 11.3 Å². The summed E-state index contributed by atoms with van der Waals surface area (Å²) in [7, 11) is 3.97. The first-order valence-corrected chi connectivity index (χ1v) is 6.26. The molecule has 1 N–H and O–H groups in total. The molecule has 0 radical (unpaired) electrons. The van der Waals surface area contributed by atoms with Crippen molar-refractivity contribution in [2.24, 2.45) is 0 Å². The Labute approximate surface area is 104 Å². The van der Waals surface area contributed by atoms with Gasteiger partial charge in [0.05, 0.1) is 6.10 Å². The molecule has 2 unspecified atom stereocenters. The zero-order valence-electron chi connectivity index (χ0n) is 10.7. The molecule has 17 heavy (non-hydrogen) atoms. The van der Waals surface area contributed by atoms with Crippen LogP contribution in [0.15, 0.2) is 30.3 Å². The molecule has 1 saturated heterocycles. The molecule has 0 aromatic heterocycles. The highest BCUT2D eigenvalue weighted by Gasteiger charge is 2.24. The third-order valence-corrected chi connectivity index (χ3v) is 3.34. The van der Waals surface area contributed by atoms with Gasteiger partial charge in [-0.1, -0.05) is 30.3 Å². The van der Waals surface area contributed by atoms with Crippen LogP contribution < -0.4 is 5.32 Å². The van der Waals surface area contributed by atoms with Crippen molar-refractivity contribution in [1.82, 2.24) is 10.2 Å². The first kappa shape index (κ1) is 12.6. The maximum Gasteiger partial charge on any atom is 0.0711 e. The van der Waals surface area contributed by atoms with Crippen molar-refractivity contribution in [2.45, 2.75) is 25.1 Å². The van der Waals surface area contributed by atoms with Crippen molar-refractivity contribution in [3.05, 3.63) is 35.9 Å². The number of nitrogens with zero attached hydrogens (tertiary/aromatic N) is 1. The van der Waals surface area contributed by atoms with E-state index < -0.39 is 0 Å². The van der Waals surface area contributed by atoms with E-state index in [0.717, 1.165) is 26.1 Å². The van der Waals surface area contributed by atoms with Gasteiger partial charge in [0.25, 0.3) is 0 Å². The lowest BCUT2D eigenvalue weighted by Gasteiger charge is -2.21. The number of rotatable bonds is 5. The standard InChI is InChI=1S/C14H22N2O/c1-16(10-12-6-4-3-5-7-12)11-13-8-14(17-2)9-15-13/h3-7,13-15H,8-11H2,1-2H3. The van der Waals surface area contributed by atoms with E-state index in [4.69, 9.17) is 4.74 Å². The maximum absolute atomic E-state index is 5.36. The van der Waals surface area contributed by atoms with Gasteiger partial charge in [-0.05, 0) is 19.0 Å². The second kappa shape index (κ2) is 6.15. The number of hydrogen-bond donors (Lipinski definition) is 1. The van der Waals surface area contributed by atoms with Gasteiger partial charge in [0, 0.05) is 32.8 Å². The second-order valence-corrected chi connectivity index (χ2v) is 4.88. The normalized spacial score (nSPS) is 24.4. The van der Waals surface area contributed by atoms with Gasteiger partial charge in [-0.15, -0.1) is 0 Å². The summed E-state index contributed by atoms with van der Waals surface area (Å²) in [6.45, 7) is 3.08. The lowest BCUT2D eigenvalue weighted by atomic mass is 10.1. The van der Waals surface area contributed by atoms with E-state index in [2.05, 4.69) is 47.6 Å². The van der Waals surface area contributed by atoms with Crippen LogP contribution in [0.2, 0.25) is 0 Å². The minimum absolute atomic E-state index is 0.394. The Bertz CT molecular complexity index is 328. The first-order valence-electron chi connectivity index (χ1n) is 6.26. The highest BCUT2D eigenvalue weighted by molar-refractivity contribution is 5.14. The van der Waals surface area contributed by atoms with E-state index in [0.29, 0.717) is 12.1 Å². The van der Waals surface area contributed by atoms with E-state index in [1.165, 1.54) is 5.56 Å². The predicted molar refractivity (Wildman–Crippen MR) is 70.0 cm³/mol. The van der Waals surface area contributed by atoms with Crippen LogP contribution in [0.4, 0.5) is 0 Å². The van der Waals surface area contributed by atoms with E-state index in [1.54, 1.807) is 7.11 Å². The number of methoxy groups -OCH3 is 1. The average molecular weight is 234 g/mol. The van der Waals surface area contributed by atoms with Gasteiger partial charge < -0.3 is 15.0 Å². The molecule has 2 rings (SSSR count). The average Bonchev–Trinajstić information content (AvgIpc) is 2.78. The predicted octanol–water partition coefficient (Wildman–Crippen LogP) is 1.50. The Morgan fingerprint density at radius 1 is 1.35 bits per heavy atom. The van der Waals surface area contributed by atoms with Crippen LogP contribution in [0.5, 0.6) is 0 Å². The molecule has 0 spiro atoms. The number of hydrogen-bond acceptors (Lipinski definition) is 3. The summed E-state index contributed by atoms with van der Waals surface area (Å²) in [5.74, 6) is 0. The van der Waals surface area contributed by atoms with Crippen LogP contribution in [0.3, 0.4) is 0 Å². The summed E-state index contributed by atoms with van der Waals surface area (Å²) >= 11 is 0. The summed E-state index contributed by atoms with van der Waals surface area (Å²) in [6, 6.07) is 11.2. The molecule has 3 nitrogen and oxygen atoms in total. The van der Waals surface area contributed by atoms with Crippen LogP contribution in [0, 0.1) is 0 Å². The largest absolute Gasteiger partial charge is 0.380 e. The van der Waals surface area contributed by atoms with Gasteiger partial charge in [0.15, 0.2) is 0 Å². The van der Waals surface area contributed by atoms with Gasteiger partial charge in [-0.2, -0.15) is 0 Å². The van der Waals surface area contributed by atoms with Crippen molar-refractivity contribution in [3.63, 3.8) is 0 Å². The first-order chi connectivity index (χ1) is 8.28. The SMILES string of the molecule is COC1CNC(CN(C)Cc2ccccc2)C1. The van der Waals surface area contributed by atoms with Crippen molar-refractivity contribution in [2.75, 3.05) is 27.2 Å². The molecule has 1 fully saturated rings. The smallest absolute Gasteiger partial charge is 0.0711 e. The van der Waals surface area contributed by atoms with Crippen molar-refractivity contribution < 1.29 is 4.74 Å². The third-order valence-electron chi connectivity index (χ3n) is 3.34. The molecule has 1 aromatic carbocycles. The Balaban J connectivity index is 1.76. The van der Waals surface area contributed by atoms with Crippen molar-refractivity contribution in [3.8, 4) is 0 Å². The highest BCUT2D eigenvalue weighted by Crippen LogP contribution is 2.11. The van der Waals surface area contributed by atoms with Gasteiger partial charge >= 0.3 is 0 Å². The summed E-state index contributed by atoms with van der Waals surface area (Å²) < 4.78 is 5.36. The fourth-order valence-electron chi connectivity index (χ4n) is 2.44. The van der Waals surface area contributed by atoms with Crippen molar-refractivity contribution in [1.29, 1.82) is 0 Å². The minimum Gasteiger partial charge on any atom is -0.380 e. The summed E-state index contributed by atoms with van der Waals surface area (Å²) in [6.07, 6.45) is 1.51. The fraction of sp³-hybridized carbons (Fsp3) is 0.571. The van der Waals surface area contributed by atoms with Gasteiger partial charge in [0.1, 0.15) is 0 Å². The molecule has 1 aliphatic heterocycles. The zero-order valence-corrected chi connectivity index (χ0v) is 10.7. The molecule has 1 aliphatic rings. The topological polar surface area (TPSA) is 24.5 Å². The Hall–Kier alpha value is -0.900. The Morgan fingerprint density at radius 3 is 2.76 bits per heavy atom. The maximum atomic E-state index is 5.36. The van der Waals surface area contributed by atoms with Crippen LogP contribution in [-0.4, -0.2) is 44.3 Å². The number of benzene rings is 1. The van der Waals surface area contributed by atoms with Crippen LogP contribution >= 0.6 is 0 Å². The molecule has 2 atom stereocenters. The number of ether oxygens (including phenoxy) is 1. The van der Waals surface area contributed by atoms with Crippen LogP contribution in [0.25, 0.3) is 0 Å². The summed E-state index contributed by atoms with van der Waals surface area (Å²) in [5.41, 5.74) is 1.37. The van der Waals surface area contributed by atoms with E-state index in [9.17, 15) is 0 Å². The summed E-state index contributed by atoms with van der Waals surface area (Å²) in [5, 5.41) is 3.51. The Morgan fingerprint density at radius 2 is 2.12 bits per heavy atom. The van der Waals surface area contributed by atoms with Gasteiger partial charge in [-0.25, -0.2) is 0 Å². The van der Waals surface area contributed by atoms with Gasteiger partial charge in [0.2, 0.25) is 0 Å². The summed E-state index contributed by atoms with van der Waals surface area (Å²) in [4.78, 5) is 2.37. The van der Waals surface area contributed by atoms with Crippen LogP contribution in [0.1, 0.15) is 12.0 Å². The molecule has 0 saturated carbocycles. The molecule has 0 amide bonds. The monoisotopic (exact) mass is 234 g/mol. The number of nitrogens with one attached hydrogen (secondary N) is 1. The number of likely N-dealkylation sites (N-methyl/N-ethyl adjacent to an activating group) is 1. The zero-order chi connectivity index (χ0) is 12.1. The minimum atomic E-state index is 0.394. The van der Waals surface area contributed by atoms with E-state index in [-0.39, 0.29) is 0 Å². The molecular weight excluding hydrogens is 212 g/mol. The van der Waals surface area contributed by atoms with Gasteiger partial charge in [-0.3, -0.25) is 0 Å². The third kappa shape index (κ3) is 3.80. The molecule has 94 valence electrons. The Kier molecular flexibility index (Phi) is 4.54. The van der Waals surface area contributed by atoms with E-state index in [1.807, 2.05) is 0 Å².